The van der Waals surface area contributed by atoms with E-state index in [0.717, 1.165) is 19.7 Å². The minimum Gasteiger partial charge on any atom is -0.383 e. The molecule has 0 aromatic carbocycles. The molecule has 2 unspecified atom stereocenters. The van der Waals surface area contributed by atoms with E-state index in [1.165, 1.54) is 25.8 Å². The lowest BCUT2D eigenvalue weighted by Crippen LogP contribution is -2.56. The predicted octanol–water partition coefficient (Wildman–Crippen LogP) is 1.49. The summed E-state index contributed by atoms with van der Waals surface area (Å²) in [6.07, 6.45) is 3.79. The van der Waals surface area contributed by atoms with Gasteiger partial charge < -0.3 is 10.1 Å². The summed E-state index contributed by atoms with van der Waals surface area (Å²) in [5, 5.41) is 3.63. The van der Waals surface area contributed by atoms with Crippen LogP contribution in [0.5, 0.6) is 0 Å². The van der Waals surface area contributed by atoms with Gasteiger partial charge in [0.1, 0.15) is 0 Å². The van der Waals surface area contributed by atoms with E-state index in [1.54, 1.807) is 7.11 Å². The van der Waals surface area contributed by atoms with Gasteiger partial charge in [0.15, 0.2) is 0 Å². The number of hydrogen-bond donors (Lipinski definition) is 1. The Kier molecular flexibility index (Phi) is 6.22. The molecule has 1 fully saturated rings. The Morgan fingerprint density at radius 3 is 2.80 bits per heavy atom. The van der Waals surface area contributed by atoms with Crippen molar-refractivity contribution < 1.29 is 4.74 Å². The molecule has 0 aromatic rings. The maximum atomic E-state index is 5.18. The third kappa shape index (κ3) is 4.09. The largest absolute Gasteiger partial charge is 0.383 e. The molecular weight excluding hydrogens is 188 g/mol. The smallest absolute Gasteiger partial charge is 0.0589 e. The minimum absolute atomic E-state index is 0.676. The van der Waals surface area contributed by atoms with Crippen LogP contribution >= 0.6 is 0 Å². The van der Waals surface area contributed by atoms with Crippen molar-refractivity contribution in [2.24, 2.45) is 0 Å². The summed E-state index contributed by atoms with van der Waals surface area (Å²) in [6, 6.07) is 1.39. The SMILES string of the molecule is CCCC1CNC(CC)CN1CCOC. The molecule has 1 aliphatic heterocycles. The lowest BCUT2D eigenvalue weighted by molar-refractivity contribution is 0.0813. The normalized spacial score (nSPS) is 28.2. The molecule has 0 saturated carbocycles. The van der Waals surface area contributed by atoms with Crippen LogP contribution in [-0.4, -0.2) is 50.3 Å². The Morgan fingerprint density at radius 1 is 1.40 bits per heavy atom. The third-order valence-corrected chi connectivity index (χ3v) is 3.31. The van der Waals surface area contributed by atoms with Crippen molar-refractivity contribution in [3.05, 3.63) is 0 Å². The molecule has 3 nitrogen and oxygen atoms in total. The zero-order chi connectivity index (χ0) is 11.1. The first kappa shape index (κ1) is 12.9. The second-order valence-electron chi connectivity index (χ2n) is 4.44. The highest BCUT2D eigenvalue weighted by atomic mass is 16.5. The van der Waals surface area contributed by atoms with Crippen molar-refractivity contribution in [3.8, 4) is 0 Å². The Hall–Kier alpha value is -0.120. The summed E-state index contributed by atoms with van der Waals surface area (Å²) in [4.78, 5) is 2.59. The maximum Gasteiger partial charge on any atom is 0.0589 e. The molecule has 2 atom stereocenters. The van der Waals surface area contributed by atoms with E-state index in [0.29, 0.717) is 12.1 Å². The van der Waals surface area contributed by atoms with Gasteiger partial charge in [-0.25, -0.2) is 0 Å². The highest BCUT2D eigenvalue weighted by molar-refractivity contribution is 4.85. The Morgan fingerprint density at radius 2 is 2.20 bits per heavy atom. The number of rotatable bonds is 6. The molecule has 1 heterocycles. The van der Waals surface area contributed by atoms with Crippen LogP contribution in [0, 0.1) is 0 Å². The van der Waals surface area contributed by atoms with Crippen LogP contribution in [0.4, 0.5) is 0 Å². The van der Waals surface area contributed by atoms with Crippen LogP contribution in [0.1, 0.15) is 33.1 Å². The van der Waals surface area contributed by atoms with Crippen LogP contribution < -0.4 is 5.32 Å². The van der Waals surface area contributed by atoms with Gasteiger partial charge in [0.2, 0.25) is 0 Å². The standard InChI is InChI=1S/C12H26N2O/c1-4-6-12-9-13-11(5-2)10-14(12)7-8-15-3/h11-13H,4-10H2,1-3H3. The number of nitrogens with zero attached hydrogens (tertiary/aromatic N) is 1. The van der Waals surface area contributed by atoms with Gasteiger partial charge in [-0.3, -0.25) is 4.90 Å². The number of methoxy groups -OCH3 is 1. The van der Waals surface area contributed by atoms with Crippen molar-refractivity contribution in [2.45, 2.75) is 45.2 Å². The van der Waals surface area contributed by atoms with Crippen LogP contribution in [-0.2, 0) is 4.74 Å². The van der Waals surface area contributed by atoms with Gasteiger partial charge in [-0.15, -0.1) is 0 Å². The minimum atomic E-state index is 0.676. The molecule has 1 N–H and O–H groups in total. The molecule has 0 spiro atoms. The fourth-order valence-corrected chi connectivity index (χ4v) is 2.30. The quantitative estimate of drug-likeness (QED) is 0.725. The molecule has 1 aliphatic rings. The fraction of sp³-hybridized carbons (Fsp3) is 1.00. The first-order valence-electron chi connectivity index (χ1n) is 6.28. The van der Waals surface area contributed by atoms with E-state index in [1.807, 2.05) is 0 Å². The molecule has 0 radical (unpaired) electrons. The topological polar surface area (TPSA) is 24.5 Å². The van der Waals surface area contributed by atoms with Crippen LogP contribution in [0.2, 0.25) is 0 Å². The van der Waals surface area contributed by atoms with Crippen molar-refractivity contribution in [1.82, 2.24) is 10.2 Å². The maximum absolute atomic E-state index is 5.18. The highest BCUT2D eigenvalue weighted by Gasteiger charge is 2.25. The number of piperazine rings is 1. The molecule has 90 valence electrons. The third-order valence-electron chi connectivity index (χ3n) is 3.31. The van der Waals surface area contributed by atoms with E-state index in [9.17, 15) is 0 Å². The zero-order valence-corrected chi connectivity index (χ0v) is 10.5. The van der Waals surface area contributed by atoms with Crippen LogP contribution in [0.15, 0.2) is 0 Å². The Labute approximate surface area is 94.2 Å². The van der Waals surface area contributed by atoms with Crippen molar-refractivity contribution in [2.75, 3.05) is 33.4 Å². The second-order valence-corrected chi connectivity index (χ2v) is 4.44. The Bertz CT molecular complexity index is 164. The van der Waals surface area contributed by atoms with E-state index in [-0.39, 0.29) is 0 Å². The average molecular weight is 214 g/mol. The number of ether oxygens (including phenoxy) is 1. The molecule has 1 saturated heterocycles. The van der Waals surface area contributed by atoms with Crippen LogP contribution in [0.25, 0.3) is 0 Å². The van der Waals surface area contributed by atoms with Crippen molar-refractivity contribution in [3.63, 3.8) is 0 Å². The first-order valence-corrected chi connectivity index (χ1v) is 6.28. The molecule has 3 heteroatoms. The summed E-state index contributed by atoms with van der Waals surface area (Å²) in [5.74, 6) is 0. The van der Waals surface area contributed by atoms with E-state index >= 15 is 0 Å². The molecule has 1 rings (SSSR count). The molecule has 0 aromatic heterocycles. The fourth-order valence-electron chi connectivity index (χ4n) is 2.30. The van der Waals surface area contributed by atoms with Crippen molar-refractivity contribution >= 4 is 0 Å². The summed E-state index contributed by atoms with van der Waals surface area (Å²) in [5.41, 5.74) is 0. The average Bonchev–Trinajstić information content (AvgIpc) is 2.28. The highest BCUT2D eigenvalue weighted by Crippen LogP contribution is 2.13. The monoisotopic (exact) mass is 214 g/mol. The second kappa shape index (κ2) is 7.20. The van der Waals surface area contributed by atoms with Gasteiger partial charge in [-0.05, 0) is 12.8 Å². The lowest BCUT2D eigenvalue weighted by Gasteiger charge is -2.40. The van der Waals surface area contributed by atoms with Gasteiger partial charge in [0, 0.05) is 38.8 Å². The number of nitrogens with one attached hydrogen (secondary N) is 1. The molecule has 0 amide bonds. The van der Waals surface area contributed by atoms with Gasteiger partial charge in [0.25, 0.3) is 0 Å². The summed E-state index contributed by atoms with van der Waals surface area (Å²) in [7, 11) is 1.79. The molecule has 0 aliphatic carbocycles. The first-order chi connectivity index (χ1) is 7.31. The summed E-state index contributed by atoms with van der Waals surface area (Å²) in [6.45, 7) is 8.79. The van der Waals surface area contributed by atoms with Gasteiger partial charge in [0.05, 0.1) is 6.61 Å². The van der Waals surface area contributed by atoms with Gasteiger partial charge in [-0.1, -0.05) is 20.3 Å². The summed E-state index contributed by atoms with van der Waals surface area (Å²) >= 11 is 0. The van der Waals surface area contributed by atoms with Crippen molar-refractivity contribution in [1.29, 1.82) is 0 Å². The zero-order valence-electron chi connectivity index (χ0n) is 10.5. The van der Waals surface area contributed by atoms with E-state index < -0.39 is 0 Å². The molecule has 0 bridgehead atoms. The lowest BCUT2D eigenvalue weighted by atomic mass is 10.0. The molecule has 15 heavy (non-hydrogen) atoms. The number of hydrogen-bond acceptors (Lipinski definition) is 3. The Balaban J connectivity index is 2.40. The van der Waals surface area contributed by atoms with E-state index in [4.69, 9.17) is 4.74 Å². The molecular formula is C12H26N2O. The predicted molar refractivity (Wildman–Crippen MR) is 64.2 cm³/mol. The summed E-state index contributed by atoms with van der Waals surface area (Å²) < 4.78 is 5.18. The van der Waals surface area contributed by atoms with E-state index in [2.05, 4.69) is 24.1 Å². The van der Waals surface area contributed by atoms with Crippen LogP contribution in [0.3, 0.4) is 0 Å². The van der Waals surface area contributed by atoms with Gasteiger partial charge >= 0.3 is 0 Å². The van der Waals surface area contributed by atoms with Gasteiger partial charge in [-0.2, -0.15) is 0 Å².